The maximum atomic E-state index is 6.34. The van der Waals surface area contributed by atoms with Crippen molar-refractivity contribution in [1.29, 1.82) is 0 Å². The number of hydrogen-bond donors (Lipinski definition) is 0. The SMILES string of the molecule is c1ccc2c(-c3ccc(-n4c5ccccc5c5c6c7ccccc7n(-c7ccc8c(c7)oc7ccccc78)c6ccc54)cc3)cccc2c1. The van der Waals surface area contributed by atoms with Gasteiger partial charge in [0.05, 0.1) is 22.1 Å². The molecule has 0 unspecified atom stereocenters. The first-order valence-electron chi connectivity index (χ1n) is 16.8. The molecule has 0 radical (unpaired) electrons. The Labute approximate surface area is 281 Å². The van der Waals surface area contributed by atoms with Crippen LogP contribution in [-0.4, -0.2) is 9.13 Å². The molecule has 3 heteroatoms. The Kier molecular flexibility index (Phi) is 5.38. The second-order valence-electron chi connectivity index (χ2n) is 12.9. The van der Waals surface area contributed by atoms with Crippen LogP contribution in [0.4, 0.5) is 0 Å². The molecular formula is C46H28N2O. The van der Waals surface area contributed by atoms with Gasteiger partial charge < -0.3 is 13.6 Å². The van der Waals surface area contributed by atoms with Crippen LogP contribution in [0.25, 0.3) is 98.8 Å². The third-order valence-corrected chi connectivity index (χ3v) is 10.3. The van der Waals surface area contributed by atoms with Crippen LogP contribution in [0.2, 0.25) is 0 Å². The smallest absolute Gasteiger partial charge is 0.137 e. The monoisotopic (exact) mass is 624 g/mol. The lowest BCUT2D eigenvalue weighted by Crippen LogP contribution is -1.95. The summed E-state index contributed by atoms with van der Waals surface area (Å²) in [5, 5.41) is 9.83. The van der Waals surface area contributed by atoms with E-state index in [1.165, 1.54) is 65.5 Å². The molecule has 8 aromatic carbocycles. The van der Waals surface area contributed by atoms with Crippen LogP contribution >= 0.6 is 0 Å². The third-order valence-electron chi connectivity index (χ3n) is 10.3. The second-order valence-corrected chi connectivity index (χ2v) is 12.9. The number of para-hydroxylation sites is 3. The molecule has 49 heavy (non-hydrogen) atoms. The lowest BCUT2D eigenvalue weighted by Gasteiger charge is -2.11. The normalized spacial score (nSPS) is 12.1. The Hall–Kier alpha value is -6.58. The van der Waals surface area contributed by atoms with Gasteiger partial charge in [0.25, 0.3) is 0 Å². The van der Waals surface area contributed by atoms with Crippen LogP contribution in [-0.2, 0) is 0 Å². The number of fused-ring (bicyclic) bond motifs is 11. The summed E-state index contributed by atoms with van der Waals surface area (Å²) >= 11 is 0. The fourth-order valence-corrected chi connectivity index (χ4v) is 8.20. The highest BCUT2D eigenvalue weighted by atomic mass is 16.3. The molecule has 0 spiro atoms. The van der Waals surface area contributed by atoms with E-state index in [0.717, 1.165) is 33.3 Å². The zero-order valence-corrected chi connectivity index (χ0v) is 26.5. The van der Waals surface area contributed by atoms with Crippen molar-refractivity contribution in [2.75, 3.05) is 0 Å². The highest BCUT2D eigenvalue weighted by Gasteiger charge is 2.21. The van der Waals surface area contributed by atoms with E-state index in [2.05, 4.69) is 167 Å². The second kappa shape index (κ2) is 9.96. The molecule has 3 nitrogen and oxygen atoms in total. The summed E-state index contributed by atoms with van der Waals surface area (Å²) in [6.45, 7) is 0. The van der Waals surface area contributed by atoms with Crippen LogP contribution in [0, 0.1) is 0 Å². The van der Waals surface area contributed by atoms with Gasteiger partial charge in [-0.15, -0.1) is 0 Å². The van der Waals surface area contributed by atoms with Crippen LogP contribution in [0.1, 0.15) is 0 Å². The third kappa shape index (κ3) is 3.73. The van der Waals surface area contributed by atoms with Crippen molar-refractivity contribution in [3.63, 3.8) is 0 Å². The Balaban J connectivity index is 1.15. The van der Waals surface area contributed by atoms with Crippen molar-refractivity contribution >= 4 is 76.3 Å². The van der Waals surface area contributed by atoms with Crippen LogP contribution in [0.15, 0.2) is 174 Å². The molecule has 0 bridgehead atoms. The lowest BCUT2D eigenvalue weighted by molar-refractivity contribution is 0.668. The van der Waals surface area contributed by atoms with Gasteiger partial charge in [-0.1, -0.05) is 109 Å². The number of rotatable bonds is 3. The molecule has 0 aliphatic heterocycles. The summed E-state index contributed by atoms with van der Waals surface area (Å²) in [5.74, 6) is 0. The lowest BCUT2D eigenvalue weighted by atomic mass is 9.98. The molecule has 0 saturated carbocycles. The highest BCUT2D eigenvalue weighted by Crippen LogP contribution is 2.43. The average molecular weight is 625 g/mol. The van der Waals surface area contributed by atoms with Crippen LogP contribution in [0.3, 0.4) is 0 Å². The van der Waals surface area contributed by atoms with Crippen molar-refractivity contribution < 1.29 is 4.42 Å². The molecule has 0 aliphatic carbocycles. The average Bonchev–Trinajstić information content (AvgIpc) is 3.82. The number of hydrogen-bond acceptors (Lipinski definition) is 1. The molecule has 0 fully saturated rings. The fourth-order valence-electron chi connectivity index (χ4n) is 8.20. The molecule has 0 atom stereocenters. The number of aromatic nitrogens is 2. The summed E-state index contributed by atoms with van der Waals surface area (Å²) in [5.41, 5.74) is 11.3. The fraction of sp³-hybridized carbons (Fsp3) is 0. The zero-order valence-electron chi connectivity index (χ0n) is 26.5. The molecule has 3 heterocycles. The summed E-state index contributed by atoms with van der Waals surface area (Å²) in [4.78, 5) is 0. The van der Waals surface area contributed by atoms with Gasteiger partial charge in [-0.05, 0) is 76.5 Å². The van der Waals surface area contributed by atoms with E-state index in [1.807, 2.05) is 12.1 Å². The van der Waals surface area contributed by atoms with Gasteiger partial charge in [0, 0.05) is 49.8 Å². The van der Waals surface area contributed by atoms with E-state index in [9.17, 15) is 0 Å². The van der Waals surface area contributed by atoms with Gasteiger partial charge in [-0.2, -0.15) is 0 Å². The minimum absolute atomic E-state index is 0.897. The number of furan rings is 1. The van der Waals surface area contributed by atoms with E-state index < -0.39 is 0 Å². The Morgan fingerprint density at radius 2 is 0.898 bits per heavy atom. The first kappa shape index (κ1) is 26.5. The Bertz CT molecular complexity index is 3090. The van der Waals surface area contributed by atoms with Crippen molar-refractivity contribution in [2.45, 2.75) is 0 Å². The van der Waals surface area contributed by atoms with Crippen molar-refractivity contribution in [3.05, 3.63) is 170 Å². The first-order valence-corrected chi connectivity index (χ1v) is 16.8. The van der Waals surface area contributed by atoms with Gasteiger partial charge in [-0.3, -0.25) is 0 Å². The predicted octanol–water partition coefficient (Wildman–Crippen LogP) is 12.6. The summed E-state index contributed by atoms with van der Waals surface area (Å²) in [6, 6.07) is 61.3. The van der Waals surface area contributed by atoms with Gasteiger partial charge in [0.2, 0.25) is 0 Å². The van der Waals surface area contributed by atoms with E-state index in [-0.39, 0.29) is 0 Å². The summed E-state index contributed by atoms with van der Waals surface area (Å²) in [7, 11) is 0. The van der Waals surface area contributed by atoms with Crippen LogP contribution < -0.4 is 0 Å². The molecule has 0 aliphatic rings. The van der Waals surface area contributed by atoms with E-state index in [1.54, 1.807) is 0 Å². The first-order chi connectivity index (χ1) is 24.3. The maximum Gasteiger partial charge on any atom is 0.137 e. The predicted molar refractivity (Wildman–Crippen MR) is 205 cm³/mol. The van der Waals surface area contributed by atoms with Gasteiger partial charge in [-0.25, -0.2) is 0 Å². The Morgan fingerprint density at radius 1 is 0.347 bits per heavy atom. The molecule has 0 saturated heterocycles. The largest absolute Gasteiger partial charge is 0.456 e. The molecule has 3 aromatic heterocycles. The number of benzene rings is 8. The number of nitrogens with zero attached hydrogens (tertiary/aromatic N) is 2. The van der Waals surface area contributed by atoms with Crippen molar-refractivity contribution in [1.82, 2.24) is 9.13 Å². The summed E-state index contributed by atoms with van der Waals surface area (Å²) < 4.78 is 11.1. The highest BCUT2D eigenvalue weighted by molar-refractivity contribution is 6.29. The van der Waals surface area contributed by atoms with Gasteiger partial charge in [0.1, 0.15) is 11.2 Å². The minimum atomic E-state index is 0.897. The van der Waals surface area contributed by atoms with E-state index >= 15 is 0 Å². The summed E-state index contributed by atoms with van der Waals surface area (Å²) in [6.07, 6.45) is 0. The molecule has 228 valence electrons. The van der Waals surface area contributed by atoms with Crippen molar-refractivity contribution in [2.24, 2.45) is 0 Å². The minimum Gasteiger partial charge on any atom is -0.456 e. The molecular weight excluding hydrogens is 597 g/mol. The van der Waals surface area contributed by atoms with Crippen LogP contribution in [0.5, 0.6) is 0 Å². The Morgan fingerprint density at radius 3 is 1.63 bits per heavy atom. The zero-order chi connectivity index (χ0) is 32.1. The standard InChI is InChI=1S/C46H28N2O/c1-2-12-33-29(10-1)11-9-16-34(33)30-20-22-31(23-21-30)47-39-17-6-3-14-37(39)45-41(47)26-27-42-46(45)38-15-4-7-18-40(38)48(42)32-24-25-36-35-13-5-8-19-43(35)49-44(36)28-32/h1-28H. The maximum absolute atomic E-state index is 6.34. The van der Waals surface area contributed by atoms with Gasteiger partial charge >= 0.3 is 0 Å². The van der Waals surface area contributed by atoms with Crippen molar-refractivity contribution in [3.8, 4) is 22.5 Å². The molecule has 0 N–H and O–H groups in total. The van der Waals surface area contributed by atoms with Gasteiger partial charge in [0.15, 0.2) is 0 Å². The topological polar surface area (TPSA) is 23.0 Å². The quantitative estimate of drug-likeness (QED) is 0.192. The molecule has 11 aromatic rings. The van der Waals surface area contributed by atoms with E-state index in [4.69, 9.17) is 4.42 Å². The van der Waals surface area contributed by atoms with E-state index in [0.29, 0.717) is 0 Å². The molecule has 11 rings (SSSR count). The molecule has 0 amide bonds.